The quantitative estimate of drug-likeness (QED) is 0.580. The third-order valence-corrected chi connectivity index (χ3v) is 7.37. The molecule has 3 aliphatic carbocycles. The number of hydrogen-bond donors (Lipinski definition) is 2. The molecule has 0 radical (unpaired) electrons. The van der Waals surface area contributed by atoms with E-state index in [2.05, 4.69) is 20.4 Å². The summed E-state index contributed by atoms with van der Waals surface area (Å²) in [6, 6.07) is 0. The van der Waals surface area contributed by atoms with Crippen LogP contribution >= 0.6 is 0 Å². The van der Waals surface area contributed by atoms with Gasteiger partial charge in [-0.25, -0.2) is 0 Å². The Bertz CT molecular complexity index is 607. The molecule has 26 heavy (non-hydrogen) atoms. The molecule has 2 N–H and O–H groups in total. The molecular weight excluding hydrogens is 328 g/mol. The molecule has 1 fully saturated rings. The molecule has 0 aromatic rings. The van der Waals surface area contributed by atoms with Crippen LogP contribution in [0, 0.1) is 23.2 Å². The highest BCUT2D eigenvalue weighted by Gasteiger charge is 2.62. The van der Waals surface area contributed by atoms with E-state index < -0.39 is 17.6 Å². The van der Waals surface area contributed by atoms with E-state index >= 15 is 0 Å². The molecule has 4 nitrogen and oxygen atoms in total. The van der Waals surface area contributed by atoms with Crippen LogP contribution in [0.25, 0.3) is 0 Å². The summed E-state index contributed by atoms with van der Waals surface area (Å²) in [4.78, 5) is 11.7. The van der Waals surface area contributed by atoms with Gasteiger partial charge in [-0.15, -0.1) is 0 Å². The lowest BCUT2D eigenvalue weighted by Gasteiger charge is -2.47. The Balaban J connectivity index is 2.08. The van der Waals surface area contributed by atoms with Crippen LogP contribution in [-0.2, 0) is 9.53 Å². The molecule has 0 aromatic heterocycles. The largest absolute Gasteiger partial charge is 0.462 e. The van der Waals surface area contributed by atoms with Gasteiger partial charge in [0.15, 0.2) is 0 Å². The highest BCUT2D eigenvalue weighted by molar-refractivity contribution is 5.66. The van der Waals surface area contributed by atoms with Crippen molar-refractivity contribution in [3.8, 4) is 0 Å². The maximum absolute atomic E-state index is 11.7. The van der Waals surface area contributed by atoms with Crippen molar-refractivity contribution >= 4 is 5.97 Å². The van der Waals surface area contributed by atoms with E-state index in [1.807, 2.05) is 0 Å². The summed E-state index contributed by atoms with van der Waals surface area (Å²) in [5.74, 6) is 0.500. The standard InChI is InChI=1S/C22H34O4/c1-13-6-5-7-14(2)18-11-20(26-16(4)24)22(12-23)19(25)10-17(9-8-13)15(3)21(18)22/h13,18-21,23,25H,2,5-12H2,1,3-4H3/t13-,18-,19-,20+,21+,22-/m0/s1. The molecule has 0 aromatic carbocycles. The number of allylic oxidation sites excluding steroid dienone is 2. The summed E-state index contributed by atoms with van der Waals surface area (Å²) in [7, 11) is 0. The summed E-state index contributed by atoms with van der Waals surface area (Å²) in [5, 5.41) is 21.6. The Morgan fingerprint density at radius 2 is 2.08 bits per heavy atom. The minimum Gasteiger partial charge on any atom is -0.462 e. The van der Waals surface area contributed by atoms with Crippen LogP contribution in [0.1, 0.15) is 65.7 Å². The number of aliphatic hydroxyl groups is 2. The van der Waals surface area contributed by atoms with Gasteiger partial charge in [0, 0.05) is 12.8 Å². The molecule has 0 aliphatic heterocycles. The van der Waals surface area contributed by atoms with Crippen LogP contribution in [0.15, 0.2) is 23.3 Å². The molecule has 3 aliphatic rings. The van der Waals surface area contributed by atoms with Crippen LogP contribution in [0.3, 0.4) is 0 Å². The lowest BCUT2D eigenvalue weighted by molar-refractivity contribution is -0.165. The highest BCUT2D eigenvalue weighted by atomic mass is 16.5. The summed E-state index contributed by atoms with van der Waals surface area (Å²) >= 11 is 0. The second-order valence-electron chi connectivity index (χ2n) is 8.89. The summed E-state index contributed by atoms with van der Waals surface area (Å²) in [6.07, 6.45) is 5.54. The van der Waals surface area contributed by atoms with Crippen molar-refractivity contribution in [3.05, 3.63) is 23.3 Å². The highest BCUT2D eigenvalue weighted by Crippen LogP contribution is 2.60. The maximum Gasteiger partial charge on any atom is 0.302 e. The van der Waals surface area contributed by atoms with Gasteiger partial charge in [-0.3, -0.25) is 4.79 Å². The number of ether oxygens (including phenoxy) is 1. The minimum absolute atomic E-state index is 0.0107. The number of rotatable bonds is 2. The van der Waals surface area contributed by atoms with Crippen molar-refractivity contribution in [2.45, 2.75) is 77.9 Å². The Morgan fingerprint density at radius 1 is 1.35 bits per heavy atom. The van der Waals surface area contributed by atoms with Crippen molar-refractivity contribution in [2.24, 2.45) is 23.2 Å². The second-order valence-corrected chi connectivity index (χ2v) is 8.89. The van der Waals surface area contributed by atoms with Crippen molar-refractivity contribution in [1.29, 1.82) is 0 Å². The normalized spacial score (nSPS) is 41.0. The van der Waals surface area contributed by atoms with E-state index in [0.717, 1.165) is 25.7 Å². The van der Waals surface area contributed by atoms with E-state index in [9.17, 15) is 15.0 Å². The fraction of sp³-hybridized carbons (Fsp3) is 0.773. The van der Waals surface area contributed by atoms with Gasteiger partial charge in [0.05, 0.1) is 18.1 Å². The Hall–Kier alpha value is -1.13. The summed E-state index contributed by atoms with van der Waals surface area (Å²) in [5.41, 5.74) is 3.01. The lowest BCUT2D eigenvalue weighted by Crippen LogP contribution is -2.53. The van der Waals surface area contributed by atoms with Crippen molar-refractivity contribution in [2.75, 3.05) is 6.61 Å². The molecule has 6 atom stereocenters. The molecule has 1 saturated carbocycles. The third-order valence-electron chi connectivity index (χ3n) is 7.37. The van der Waals surface area contributed by atoms with E-state index in [1.165, 1.54) is 30.1 Å². The molecule has 2 bridgehead atoms. The van der Waals surface area contributed by atoms with Crippen LogP contribution < -0.4 is 0 Å². The van der Waals surface area contributed by atoms with Crippen LogP contribution in [-0.4, -0.2) is 35.0 Å². The van der Waals surface area contributed by atoms with Crippen molar-refractivity contribution in [1.82, 2.24) is 0 Å². The first-order valence-corrected chi connectivity index (χ1v) is 10.1. The topological polar surface area (TPSA) is 66.8 Å². The molecule has 0 spiro atoms. The summed E-state index contributed by atoms with van der Waals surface area (Å²) in [6.45, 7) is 10.1. The second kappa shape index (κ2) is 7.47. The van der Waals surface area contributed by atoms with Crippen LogP contribution in [0.2, 0.25) is 0 Å². The number of esters is 1. The predicted molar refractivity (Wildman–Crippen MR) is 101 cm³/mol. The average Bonchev–Trinajstić information content (AvgIpc) is 2.91. The van der Waals surface area contributed by atoms with Crippen molar-refractivity contribution < 1.29 is 19.7 Å². The Morgan fingerprint density at radius 3 is 2.73 bits per heavy atom. The van der Waals surface area contributed by atoms with Gasteiger partial charge in [0.25, 0.3) is 0 Å². The molecule has 0 saturated heterocycles. The molecule has 0 unspecified atom stereocenters. The maximum atomic E-state index is 11.7. The number of hydrogen-bond acceptors (Lipinski definition) is 4. The molecule has 3 rings (SSSR count). The molecule has 146 valence electrons. The monoisotopic (exact) mass is 362 g/mol. The lowest BCUT2D eigenvalue weighted by atomic mass is 9.61. The molecular formula is C22H34O4. The zero-order chi connectivity index (χ0) is 19.1. The predicted octanol–water partition coefficient (Wildman–Crippen LogP) is 3.77. The Kier molecular flexibility index (Phi) is 5.64. The zero-order valence-electron chi connectivity index (χ0n) is 16.5. The fourth-order valence-electron chi connectivity index (χ4n) is 5.89. The van der Waals surface area contributed by atoms with E-state index in [0.29, 0.717) is 18.8 Å². The smallest absolute Gasteiger partial charge is 0.302 e. The SMILES string of the molecule is C=C1CCC[C@H](C)CCC2=C(C)[C@@H]3[C@H]1C[C@@H](OC(C)=O)[C@]3(CO)[C@@H](O)C2. The fourth-order valence-corrected chi connectivity index (χ4v) is 5.89. The number of carbonyl (C=O) groups excluding carboxylic acids is 1. The van der Waals surface area contributed by atoms with Crippen LogP contribution in [0.5, 0.6) is 0 Å². The van der Waals surface area contributed by atoms with Gasteiger partial charge >= 0.3 is 5.97 Å². The van der Waals surface area contributed by atoms with Gasteiger partial charge in [0.1, 0.15) is 6.10 Å². The third kappa shape index (κ3) is 3.16. The first kappa shape index (κ1) is 19.6. The average molecular weight is 363 g/mol. The Labute approximate surface area is 157 Å². The summed E-state index contributed by atoms with van der Waals surface area (Å²) < 4.78 is 5.66. The number of aliphatic hydroxyl groups excluding tert-OH is 2. The molecule has 0 amide bonds. The van der Waals surface area contributed by atoms with Gasteiger partial charge in [-0.2, -0.15) is 0 Å². The van der Waals surface area contributed by atoms with E-state index in [1.54, 1.807) is 0 Å². The molecule has 0 heterocycles. The zero-order valence-corrected chi connectivity index (χ0v) is 16.5. The molecule has 4 heteroatoms. The van der Waals surface area contributed by atoms with Gasteiger partial charge in [-0.1, -0.05) is 36.6 Å². The van der Waals surface area contributed by atoms with Gasteiger partial charge in [0.2, 0.25) is 0 Å². The van der Waals surface area contributed by atoms with E-state index in [-0.39, 0.29) is 24.4 Å². The van der Waals surface area contributed by atoms with Crippen molar-refractivity contribution in [3.63, 3.8) is 0 Å². The first-order valence-electron chi connectivity index (χ1n) is 10.1. The van der Waals surface area contributed by atoms with E-state index in [4.69, 9.17) is 4.74 Å². The van der Waals surface area contributed by atoms with Crippen LogP contribution in [0.4, 0.5) is 0 Å². The minimum atomic E-state index is -0.799. The number of carbonyl (C=O) groups is 1. The van der Waals surface area contributed by atoms with Gasteiger partial charge < -0.3 is 14.9 Å². The first-order chi connectivity index (χ1) is 12.3. The van der Waals surface area contributed by atoms with Gasteiger partial charge in [-0.05, 0) is 57.3 Å².